The molecule has 1 aliphatic carbocycles. The zero-order valence-electron chi connectivity index (χ0n) is 8.47. The van der Waals surface area contributed by atoms with Crippen molar-refractivity contribution in [3.63, 3.8) is 0 Å². The lowest BCUT2D eigenvalue weighted by Gasteiger charge is -2.10. The Balaban J connectivity index is 2.01. The zero-order valence-corrected chi connectivity index (χ0v) is 9.23. The van der Waals surface area contributed by atoms with Crippen LogP contribution in [0.2, 0.25) is 5.28 Å². The first-order valence-corrected chi connectivity index (χ1v) is 5.20. The van der Waals surface area contributed by atoms with Crippen LogP contribution in [-0.2, 0) is 0 Å². The summed E-state index contributed by atoms with van der Waals surface area (Å²) >= 11 is 5.75. The van der Waals surface area contributed by atoms with Crippen LogP contribution in [0.3, 0.4) is 0 Å². The highest BCUT2D eigenvalue weighted by Crippen LogP contribution is 2.44. The Bertz CT molecular complexity index is 327. The van der Waals surface area contributed by atoms with E-state index in [0.717, 1.165) is 18.1 Å². The number of anilines is 1. The van der Waals surface area contributed by atoms with Crippen molar-refractivity contribution in [2.24, 2.45) is 5.41 Å². The molecule has 1 heterocycles. The van der Waals surface area contributed by atoms with Gasteiger partial charge in [-0.05, 0) is 36.8 Å². The molecule has 1 saturated carbocycles. The molecule has 0 aliphatic heterocycles. The van der Waals surface area contributed by atoms with Crippen molar-refractivity contribution in [1.29, 1.82) is 0 Å². The minimum Gasteiger partial charge on any atom is -0.369 e. The number of rotatable bonds is 3. The summed E-state index contributed by atoms with van der Waals surface area (Å²) in [7, 11) is 0. The van der Waals surface area contributed by atoms with Gasteiger partial charge >= 0.3 is 0 Å². The average Bonchev–Trinajstić information content (AvgIpc) is 2.80. The monoisotopic (exact) mass is 211 g/mol. The highest BCUT2D eigenvalue weighted by Gasteiger charge is 2.36. The average molecular weight is 212 g/mol. The molecule has 4 heteroatoms. The van der Waals surface area contributed by atoms with E-state index in [9.17, 15) is 0 Å². The third kappa shape index (κ3) is 2.35. The molecule has 0 saturated heterocycles. The van der Waals surface area contributed by atoms with E-state index in [2.05, 4.69) is 22.2 Å². The first-order chi connectivity index (χ1) is 6.57. The van der Waals surface area contributed by atoms with Gasteiger partial charge in [-0.3, -0.25) is 0 Å². The summed E-state index contributed by atoms with van der Waals surface area (Å²) in [6.45, 7) is 5.16. The molecule has 2 rings (SSSR count). The molecule has 1 aliphatic rings. The van der Waals surface area contributed by atoms with Gasteiger partial charge in [-0.15, -0.1) is 0 Å². The summed E-state index contributed by atoms with van der Waals surface area (Å²) in [4.78, 5) is 8.12. The first kappa shape index (κ1) is 9.71. The van der Waals surface area contributed by atoms with Crippen LogP contribution in [0.4, 0.5) is 5.82 Å². The minimum absolute atomic E-state index is 0.313. The molecule has 76 valence electrons. The second-order valence-corrected chi connectivity index (χ2v) is 4.67. The second kappa shape index (κ2) is 3.39. The summed E-state index contributed by atoms with van der Waals surface area (Å²) in [6.07, 6.45) is 2.61. The molecular formula is C10H14ClN3. The molecule has 1 aromatic rings. The van der Waals surface area contributed by atoms with Gasteiger partial charge in [0.2, 0.25) is 5.28 Å². The lowest BCUT2D eigenvalue weighted by molar-refractivity contribution is 0.609. The quantitative estimate of drug-likeness (QED) is 0.782. The summed E-state index contributed by atoms with van der Waals surface area (Å²) in [6, 6.07) is 1.91. The Labute approximate surface area is 88.9 Å². The summed E-state index contributed by atoms with van der Waals surface area (Å²) in [5.41, 5.74) is 1.37. The van der Waals surface area contributed by atoms with Crippen LogP contribution < -0.4 is 5.32 Å². The van der Waals surface area contributed by atoms with E-state index in [1.165, 1.54) is 12.8 Å². The van der Waals surface area contributed by atoms with Crippen molar-refractivity contribution >= 4 is 17.4 Å². The predicted molar refractivity (Wildman–Crippen MR) is 57.6 cm³/mol. The Kier molecular flexibility index (Phi) is 2.35. The van der Waals surface area contributed by atoms with E-state index in [1.807, 2.05) is 13.0 Å². The SMILES string of the molecule is Cc1cc(NCC2(C)CC2)nc(Cl)n1. The van der Waals surface area contributed by atoms with Crippen LogP contribution in [0.15, 0.2) is 6.07 Å². The van der Waals surface area contributed by atoms with Crippen molar-refractivity contribution in [2.75, 3.05) is 11.9 Å². The number of nitrogens with one attached hydrogen (secondary N) is 1. The Morgan fingerprint density at radius 2 is 2.21 bits per heavy atom. The zero-order chi connectivity index (χ0) is 10.2. The largest absolute Gasteiger partial charge is 0.369 e. The normalized spacial score (nSPS) is 17.9. The number of aryl methyl sites for hydroxylation is 1. The molecule has 14 heavy (non-hydrogen) atoms. The van der Waals surface area contributed by atoms with Gasteiger partial charge in [0.25, 0.3) is 0 Å². The third-order valence-electron chi connectivity index (χ3n) is 2.63. The Morgan fingerprint density at radius 3 is 2.79 bits per heavy atom. The van der Waals surface area contributed by atoms with Crippen molar-refractivity contribution in [1.82, 2.24) is 9.97 Å². The van der Waals surface area contributed by atoms with E-state index in [0.29, 0.717) is 10.7 Å². The fourth-order valence-corrected chi connectivity index (χ4v) is 1.54. The number of hydrogen-bond donors (Lipinski definition) is 1. The highest BCUT2D eigenvalue weighted by molar-refractivity contribution is 6.28. The van der Waals surface area contributed by atoms with E-state index < -0.39 is 0 Å². The molecule has 1 aromatic heterocycles. The number of aromatic nitrogens is 2. The van der Waals surface area contributed by atoms with Crippen LogP contribution in [0, 0.1) is 12.3 Å². The van der Waals surface area contributed by atoms with Crippen molar-refractivity contribution in [2.45, 2.75) is 26.7 Å². The standard InChI is InChI=1S/C10H14ClN3/c1-7-5-8(14-9(11)13-7)12-6-10(2)3-4-10/h5H,3-4,6H2,1-2H3,(H,12,13,14). The predicted octanol–water partition coefficient (Wildman–Crippen LogP) is 2.65. The molecule has 0 unspecified atom stereocenters. The van der Waals surface area contributed by atoms with E-state index in [1.54, 1.807) is 0 Å². The second-order valence-electron chi connectivity index (χ2n) is 4.33. The fourth-order valence-electron chi connectivity index (χ4n) is 1.32. The van der Waals surface area contributed by atoms with Gasteiger partial charge in [0.15, 0.2) is 0 Å². The van der Waals surface area contributed by atoms with Gasteiger partial charge < -0.3 is 5.32 Å². The van der Waals surface area contributed by atoms with E-state index in [-0.39, 0.29) is 0 Å². The van der Waals surface area contributed by atoms with Crippen LogP contribution in [-0.4, -0.2) is 16.5 Å². The van der Waals surface area contributed by atoms with E-state index in [4.69, 9.17) is 11.6 Å². The van der Waals surface area contributed by atoms with Crippen LogP contribution in [0.1, 0.15) is 25.5 Å². The molecule has 0 amide bonds. The summed E-state index contributed by atoms with van der Waals surface area (Å²) < 4.78 is 0. The molecule has 0 radical (unpaired) electrons. The molecule has 0 atom stereocenters. The molecule has 0 bridgehead atoms. The van der Waals surface area contributed by atoms with Crippen molar-refractivity contribution in [3.8, 4) is 0 Å². The third-order valence-corrected chi connectivity index (χ3v) is 2.80. The molecular weight excluding hydrogens is 198 g/mol. The molecule has 3 nitrogen and oxygen atoms in total. The number of halogens is 1. The van der Waals surface area contributed by atoms with Gasteiger partial charge in [0.05, 0.1) is 0 Å². The summed E-state index contributed by atoms with van der Waals surface area (Å²) in [5.74, 6) is 0.829. The van der Waals surface area contributed by atoms with E-state index >= 15 is 0 Å². The minimum atomic E-state index is 0.313. The lowest BCUT2D eigenvalue weighted by Crippen LogP contribution is -2.13. The number of hydrogen-bond acceptors (Lipinski definition) is 3. The first-order valence-electron chi connectivity index (χ1n) is 4.82. The van der Waals surface area contributed by atoms with Crippen molar-refractivity contribution < 1.29 is 0 Å². The maximum atomic E-state index is 5.75. The molecule has 0 spiro atoms. The smallest absolute Gasteiger partial charge is 0.224 e. The Morgan fingerprint density at radius 1 is 1.50 bits per heavy atom. The topological polar surface area (TPSA) is 37.8 Å². The molecule has 1 fully saturated rings. The number of nitrogens with zero attached hydrogens (tertiary/aromatic N) is 2. The van der Waals surface area contributed by atoms with Gasteiger partial charge in [-0.25, -0.2) is 9.97 Å². The van der Waals surface area contributed by atoms with Crippen LogP contribution in [0.25, 0.3) is 0 Å². The van der Waals surface area contributed by atoms with Crippen LogP contribution >= 0.6 is 11.6 Å². The molecule has 0 aromatic carbocycles. The van der Waals surface area contributed by atoms with Crippen molar-refractivity contribution in [3.05, 3.63) is 17.0 Å². The van der Waals surface area contributed by atoms with Gasteiger partial charge in [0.1, 0.15) is 5.82 Å². The fraction of sp³-hybridized carbons (Fsp3) is 0.600. The maximum Gasteiger partial charge on any atom is 0.224 e. The maximum absolute atomic E-state index is 5.75. The summed E-state index contributed by atoms with van der Waals surface area (Å²) in [5, 5.41) is 3.61. The van der Waals surface area contributed by atoms with Gasteiger partial charge in [-0.2, -0.15) is 0 Å². The van der Waals surface area contributed by atoms with Gasteiger partial charge in [0, 0.05) is 18.3 Å². The Hall–Kier alpha value is -0.830. The highest BCUT2D eigenvalue weighted by atomic mass is 35.5. The lowest BCUT2D eigenvalue weighted by atomic mass is 10.1. The van der Waals surface area contributed by atoms with Gasteiger partial charge in [-0.1, -0.05) is 6.92 Å². The molecule has 1 N–H and O–H groups in total. The van der Waals surface area contributed by atoms with Crippen LogP contribution in [0.5, 0.6) is 0 Å².